The van der Waals surface area contributed by atoms with E-state index >= 15 is 0 Å². The van der Waals surface area contributed by atoms with Crippen LogP contribution in [0, 0.1) is 12.8 Å². The molecule has 0 saturated carbocycles. The van der Waals surface area contributed by atoms with E-state index in [4.69, 9.17) is 4.74 Å². The topological polar surface area (TPSA) is 26.3 Å². The molecule has 0 unspecified atom stereocenters. The number of rotatable bonds is 2. The van der Waals surface area contributed by atoms with Crippen molar-refractivity contribution in [1.82, 2.24) is 0 Å². The van der Waals surface area contributed by atoms with Crippen LogP contribution in [-0.4, -0.2) is 19.0 Å². The lowest BCUT2D eigenvalue weighted by atomic mass is 9.92. The van der Waals surface area contributed by atoms with E-state index in [0.717, 1.165) is 31.6 Å². The van der Waals surface area contributed by atoms with E-state index in [0.29, 0.717) is 5.78 Å². The van der Waals surface area contributed by atoms with Crippen molar-refractivity contribution >= 4 is 17.1 Å². The number of aryl methyl sites for hydroxylation is 1. The summed E-state index contributed by atoms with van der Waals surface area (Å²) in [6.45, 7) is 3.50. The Labute approximate surface area is 87.9 Å². The minimum atomic E-state index is 0.192. The molecule has 2 rings (SSSR count). The SMILES string of the molecule is Cc1cc(C(=O)C2CCOCC2)cs1. The molecule has 0 N–H and O–H groups in total. The van der Waals surface area contributed by atoms with Gasteiger partial charge in [-0.3, -0.25) is 4.79 Å². The molecule has 2 nitrogen and oxygen atoms in total. The Morgan fingerprint density at radius 2 is 2.21 bits per heavy atom. The zero-order chi connectivity index (χ0) is 9.97. The molecular formula is C11H14O2S. The minimum absolute atomic E-state index is 0.192. The molecule has 0 bridgehead atoms. The number of ether oxygens (including phenoxy) is 1. The number of hydrogen-bond acceptors (Lipinski definition) is 3. The number of ketones is 1. The van der Waals surface area contributed by atoms with Crippen LogP contribution in [-0.2, 0) is 4.74 Å². The summed E-state index contributed by atoms with van der Waals surface area (Å²) >= 11 is 1.64. The molecule has 1 aliphatic heterocycles. The van der Waals surface area contributed by atoms with E-state index in [-0.39, 0.29) is 5.92 Å². The van der Waals surface area contributed by atoms with Crippen molar-refractivity contribution in [1.29, 1.82) is 0 Å². The Morgan fingerprint density at radius 3 is 2.79 bits per heavy atom. The summed E-state index contributed by atoms with van der Waals surface area (Å²) in [6, 6.07) is 1.99. The minimum Gasteiger partial charge on any atom is -0.381 e. The average Bonchev–Trinajstić information content (AvgIpc) is 2.65. The normalized spacial score (nSPS) is 18.4. The summed E-state index contributed by atoms with van der Waals surface area (Å²) < 4.78 is 5.24. The molecule has 0 amide bonds. The summed E-state index contributed by atoms with van der Waals surface area (Å²) in [5.74, 6) is 0.496. The standard InChI is InChI=1S/C11H14O2S/c1-8-6-10(7-14-8)11(12)9-2-4-13-5-3-9/h6-7,9H,2-5H2,1H3. The molecule has 0 spiro atoms. The second-order valence-electron chi connectivity index (χ2n) is 3.70. The fourth-order valence-electron chi connectivity index (χ4n) is 1.77. The predicted octanol–water partition coefficient (Wildman–Crippen LogP) is 2.67. The lowest BCUT2D eigenvalue weighted by Crippen LogP contribution is -2.23. The lowest BCUT2D eigenvalue weighted by Gasteiger charge is -2.20. The van der Waals surface area contributed by atoms with Crippen LogP contribution in [0.15, 0.2) is 11.4 Å². The van der Waals surface area contributed by atoms with Crippen molar-refractivity contribution in [3.8, 4) is 0 Å². The lowest BCUT2D eigenvalue weighted by molar-refractivity contribution is 0.0545. The number of carbonyl (C=O) groups is 1. The monoisotopic (exact) mass is 210 g/mol. The zero-order valence-electron chi connectivity index (χ0n) is 8.29. The van der Waals surface area contributed by atoms with Gasteiger partial charge in [0.25, 0.3) is 0 Å². The second kappa shape index (κ2) is 4.24. The molecular weight excluding hydrogens is 196 g/mol. The van der Waals surface area contributed by atoms with Crippen LogP contribution in [0.3, 0.4) is 0 Å². The molecule has 1 aliphatic rings. The predicted molar refractivity (Wildman–Crippen MR) is 56.9 cm³/mol. The Morgan fingerprint density at radius 1 is 1.50 bits per heavy atom. The highest BCUT2D eigenvalue weighted by atomic mass is 32.1. The number of hydrogen-bond donors (Lipinski definition) is 0. The van der Waals surface area contributed by atoms with Gasteiger partial charge in [-0.15, -0.1) is 11.3 Å². The van der Waals surface area contributed by atoms with E-state index in [1.165, 1.54) is 4.88 Å². The largest absolute Gasteiger partial charge is 0.381 e. The van der Waals surface area contributed by atoms with Crippen LogP contribution in [0.5, 0.6) is 0 Å². The molecule has 1 aromatic heterocycles. The van der Waals surface area contributed by atoms with Gasteiger partial charge in [-0.2, -0.15) is 0 Å². The van der Waals surface area contributed by atoms with Gasteiger partial charge in [0.1, 0.15) is 0 Å². The molecule has 3 heteroatoms. The van der Waals surface area contributed by atoms with Crippen LogP contribution < -0.4 is 0 Å². The molecule has 1 aromatic rings. The van der Waals surface area contributed by atoms with Gasteiger partial charge in [-0.1, -0.05) is 0 Å². The highest BCUT2D eigenvalue weighted by Crippen LogP contribution is 2.23. The van der Waals surface area contributed by atoms with E-state index < -0.39 is 0 Å². The molecule has 14 heavy (non-hydrogen) atoms. The molecule has 0 radical (unpaired) electrons. The maximum atomic E-state index is 12.0. The van der Waals surface area contributed by atoms with Crippen LogP contribution in [0.4, 0.5) is 0 Å². The van der Waals surface area contributed by atoms with Crippen LogP contribution in [0.1, 0.15) is 28.1 Å². The molecule has 2 heterocycles. The molecule has 1 fully saturated rings. The third kappa shape index (κ3) is 2.04. The fourth-order valence-corrected chi connectivity index (χ4v) is 2.46. The Bertz CT molecular complexity index is 324. The molecule has 0 aliphatic carbocycles. The molecule has 1 saturated heterocycles. The fraction of sp³-hybridized carbons (Fsp3) is 0.545. The summed E-state index contributed by atoms with van der Waals surface area (Å²) in [6.07, 6.45) is 1.77. The van der Waals surface area contributed by atoms with Gasteiger partial charge in [0.05, 0.1) is 0 Å². The summed E-state index contributed by atoms with van der Waals surface area (Å²) in [7, 11) is 0. The molecule has 0 aromatic carbocycles. The summed E-state index contributed by atoms with van der Waals surface area (Å²) in [4.78, 5) is 13.2. The van der Waals surface area contributed by atoms with Crippen LogP contribution in [0.2, 0.25) is 0 Å². The van der Waals surface area contributed by atoms with Crippen molar-refractivity contribution in [2.24, 2.45) is 5.92 Å². The zero-order valence-corrected chi connectivity index (χ0v) is 9.10. The number of thiophene rings is 1. The first-order valence-electron chi connectivity index (χ1n) is 4.94. The van der Waals surface area contributed by atoms with Gasteiger partial charge < -0.3 is 4.74 Å². The van der Waals surface area contributed by atoms with Gasteiger partial charge >= 0.3 is 0 Å². The van der Waals surface area contributed by atoms with E-state index in [1.807, 2.05) is 18.4 Å². The maximum Gasteiger partial charge on any atom is 0.166 e. The highest BCUT2D eigenvalue weighted by molar-refractivity contribution is 7.10. The van der Waals surface area contributed by atoms with Crippen LogP contribution in [0.25, 0.3) is 0 Å². The van der Waals surface area contributed by atoms with E-state index in [9.17, 15) is 4.79 Å². The highest BCUT2D eigenvalue weighted by Gasteiger charge is 2.23. The van der Waals surface area contributed by atoms with Crippen LogP contribution >= 0.6 is 11.3 Å². The van der Waals surface area contributed by atoms with Crippen molar-refractivity contribution in [2.45, 2.75) is 19.8 Å². The molecule has 76 valence electrons. The Hall–Kier alpha value is -0.670. The number of Topliss-reactive ketones (excluding diaryl/α,β-unsaturated/α-hetero) is 1. The first-order valence-corrected chi connectivity index (χ1v) is 5.82. The number of carbonyl (C=O) groups excluding carboxylic acids is 1. The summed E-state index contributed by atoms with van der Waals surface area (Å²) in [5.41, 5.74) is 0.888. The maximum absolute atomic E-state index is 12.0. The van der Waals surface area contributed by atoms with Gasteiger partial charge in [-0.05, 0) is 25.8 Å². The third-order valence-electron chi connectivity index (χ3n) is 2.61. The summed E-state index contributed by atoms with van der Waals surface area (Å²) in [5, 5.41) is 1.97. The van der Waals surface area contributed by atoms with Gasteiger partial charge in [0.2, 0.25) is 0 Å². The van der Waals surface area contributed by atoms with E-state index in [2.05, 4.69) is 0 Å². The van der Waals surface area contributed by atoms with Crippen molar-refractivity contribution in [2.75, 3.05) is 13.2 Å². The third-order valence-corrected chi connectivity index (χ3v) is 3.47. The van der Waals surface area contributed by atoms with Crippen molar-refractivity contribution in [3.05, 3.63) is 21.9 Å². The molecule has 0 atom stereocenters. The van der Waals surface area contributed by atoms with Crippen molar-refractivity contribution in [3.63, 3.8) is 0 Å². The smallest absolute Gasteiger partial charge is 0.166 e. The Kier molecular flexibility index (Phi) is 2.99. The van der Waals surface area contributed by atoms with Gasteiger partial charge in [-0.25, -0.2) is 0 Å². The Balaban J connectivity index is 2.07. The van der Waals surface area contributed by atoms with E-state index in [1.54, 1.807) is 11.3 Å². The average molecular weight is 210 g/mol. The van der Waals surface area contributed by atoms with Gasteiger partial charge in [0, 0.05) is 35.0 Å². The first kappa shape index (κ1) is 9.87. The first-order chi connectivity index (χ1) is 6.77. The van der Waals surface area contributed by atoms with Gasteiger partial charge in [0.15, 0.2) is 5.78 Å². The second-order valence-corrected chi connectivity index (χ2v) is 4.81. The quantitative estimate of drug-likeness (QED) is 0.701. The van der Waals surface area contributed by atoms with Crippen molar-refractivity contribution < 1.29 is 9.53 Å².